The third-order valence-corrected chi connectivity index (χ3v) is 6.15. The predicted molar refractivity (Wildman–Crippen MR) is 125 cm³/mol. The standard InChI is InChI=1S/C23H25F2N3O2SSi/c1-6-9-30-23(29)19-14(2)27-21(22-26-8-10-31-22)28-20(19)16-13-18(25)17(24)12-15(16)7-11-32(3,4)5/h8,10,12-13,20H,6,9H2,1-5H3,(H,27,28). The van der Waals surface area contributed by atoms with Gasteiger partial charge in [-0.2, -0.15) is 0 Å². The number of thiazole rings is 1. The van der Waals surface area contributed by atoms with Crippen molar-refractivity contribution in [3.8, 4) is 11.5 Å². The Morgan fingerprint density at radius 3 is 2.62 bits per heavy atom. The lowest BCUT2D eigenvalue weighted by molar-refractivity contribution is -0.139. The molecule has 9 heteroatoms. The number of rotatable bonds is 5. The number of nitrogens with zero attached hydrogens (tertiary/aromatic N) is 2. The van der Waals surface area contributed by atoms with Crippen LogP contribution >= 0.6 is 11.3 Å². The van der Waals surface area contributed by atoms with Gasteiger partial charge in [0.1, 0.15) is 14.1 Å². The second kappa shape index (κ2) is 9.75. The molecule has 1 atom stereocenters. The molecule has 0 bridgehead atoms. The van der Waals surface area contributed by atoms with E-state index in [0.717, 1.165) is 12.1 Å². The number of hydrogen-bond acceptors (Lipinski definition) is 6. The number of benzene rings is 1. The van der Waals surface area contributed by atoms with Crippen molar-refractivity contribution in [2.75, 3.05) is 6.61 Å². The Morgan fingerprint density at radius 1 is 1.28 bits per heavy atom. The molecule has 168 valence electrons. The van der Waals surface area contributed by atoms with E-state index in [4.69, 9.17) is 4.74 Å². The van der Waals surface area contributed by atoms with Crippen LogP contribution in [0.4, 0.5) is 8.78 Å². The smallest absolute Gasteiger partial charge is 0.338 e. The molecule has 0 amide bonds. The van der Waals surface area contributed by atoms with E-state index >= 15 is 0 Å². The van der Waals surface area contributed by atoms with Crippen LogP contribution in [0, 0.1) is 23.1 Å². The average molecular weight is 474 g/mol. The quantitative estimate of drug-likeness (QED) is 0.378. The van der Waals surface area contributed by atoms with E-state index in [0.29, 0.717) is 34.1 Å². The lowest BCUT2D eigenvalue weighted by Crippen LogP contribution is -2.33. The number of esters is 1. The van der Waals surface area contributed by atoms with E-state index in [1.54, 1.807) is 18.5 Å². The van der Waals surface area contributed by atoms with Crippen LogP contribution in [0.2, 0.25) is 19.6 Å². The number of carbonyl (C=O) groups excluding carboxylic acids is 1. The molecule has 1 aliphatic heterocycles. The minimum absolute atomic E-state index is 0.237. The van der Waals surface area contributed by atoms with Gasteiger partial charge in [0.25, 0.3) is 0 Å². The molecule has 32 heavy (non-hydrogen) atoms. The summed E-state index contributed by atoms with van der Waals surface area (Å²) in [5.74, 6) is 0.880. The van der Waals surface area contributed by atoms with Crippen molar-refractivity contribution in [1.29, 1.82) is 0 Å². The highest BCUT2D eigenvalue weighted by atomic mass is 32.1. The van der Waals surface area contributed by atoms with Crippen LogP contribution in [0.3, 0.4) is 0 Å². The number of allylic oxidation sites excluding steroid dienone is 1. The molecule has 2 heterocycles. The maximum absolute atomic E-state index is 14.4. The summed E-state index contributed by atoms with van der Waals surface area (Å²) in [6.07, 6.45) is 2.30. The highest BCUT2D eigenvalue weighted by Crippen LogP contribution is 2.35. The van der Waals surface area contributed by atoms with Crippen molar-refractivity contribution in [3.63, 3.8) is 0 Å². The Kier molecular flexibility index (Phi) is 7.26. The first-order valence-corrected chi connectivity index (χ1v) is 14.6. The molecule has 0 spiro atoms. The summed E-state index contributed by atoms with van der Waals surface area (Å²) in [6, 6.07) is 1.23. The number of aliphatic imine (C=N–C) groups is 1. The summed E-state index contributed by atoms with van der Waals surface area (Å²) in [7, 11) is -1.81. The Labute approximate surface area is 191 Å². The first-order chi connectivity index (χ1) is 15.1. The molecule has 0 aliphatic carbocycles. The molecule has 1 N–H and O–H groups in total. The number of carbonyl (C=O) groups is 1. The topological polar surface area (TPSA) is 63.6 Å². The summed E-state index contributed by atoms with van der Waals surface area (Å²) >= 11 is 1.38. The molecule has 1 aromatic carbocycles. The number of nitrogens with one attached hydrogen (secondary N) is 1. The third kappa shape index (κ3) is 5.50. The SMILES string of the molecule is CCCOC(=O)C1=C(C)NC(c2nccs2)=NC1c1cc(F)c(F)cc1C#C[Si](C)(C)C. The lowest BCUT2D eigenvalue weighted by atomic mass is 9.92. The normalized spacial score (nSPS) is 16.1. The van der Waals surface area contributed by atoms with Gasteiger partial charge >= 0.3 is 5.97 Å². The summed E-state index contributed by atoms with van der Waals surface area (Å²) in [5, 5.41) is 5.53. The van der Waals surface area contributed by atoms with Gasteiger partial charge < -0.3 is 10.1 Å². The Hall–Kier alpha value is -2.83. The van der Waals surface area contributed by atoms with E-state index in [1.165, 1.54) is 11.3 Å². The van der Waals surface area contributed by atoms with Gasteiger partial charge in [0.2, 0.25) is 0 Å². The molecule has 0 saturated heterocycles. The van der Waals surface area contributed by atoms with E-state index in [1.807, 2.05) is 6.92 Å². The molecule has 2 aromatic rings. The van der Waals surface area contributed by atoms with Gasteiger partial charge in [0.05, 0.1) is 12.2 Å². The molecule has 1 aromatic heterocycles. The monoisotopic (exact) mass is 473 g/mol. The summed E-state index contributed by atoms with van der Waals surface area (Å²) in [4.78, 5) is 21.9. The van der Waals surface area contributed by atoms with Crippen LogP contribution in [-0.4, -0.2) is 31.5 Å². The Balaban J connectivity index is 2.21. The van der Waals surface area contributed by atoms with Crippen molar-refractivity contribution in [2.45, 2.75) is 46.0 Å². The van der Waals surface area contributed by atoms with E-state index in [-0.39, 0.29) is 12.2 Å². The maximum atomic E-state index is 14.4. The summed E-state index contributed by atoms with van der Waals surface area (Å²) < 4.78 is 33.9. The average Bonchev–Trinajstić information content (AvgIpc) is 3.26. The zero-order chi connectivity index (χ0) is 23.5. The van der Waals surface area contributed by atoms with Crippen molar-refractivity contribution in [2.24, 2.45) is 4.99 Å². The summed E-state index contributed by atoms with van der Waals surface area (Å²) in [6.45, 7) is 10.0. The fraction of sp³-hybridized carbons (Fsp3) is 0.348. The zero-order valence-corrected chi connectivity index (χ0v) is 20.5. The van der Waals surface area contributed by atoms with E-state index in [9.17, 15) is 13.6 Å². The van der Waals surface area contributed by atoms with Gasteiger partial charge in [-0.05, 0) is 25.5 Å². The number of hydrogen-bond donors (Lipinski definition) is 1. The van der Waals surface area contributed by atoms with Gasteiger partial charge in [-0.15, -0.1) is 16.9 Å². The van der Waals surface area contributed by atoms with Crippen LogP contribution in [0.1, 0.15) is 42.4 Å². The molecular weight excluding hydrogens is 448 g/mol. The lowest BCUT2D eigenvalue weighted by Gasteiger charge is -2.26. The second-order valence-corrected chi connectivity index (χ2v) is 14.0. The number of halogens is 2. The number of aromatic nitrogens is 1. The molecule has 0 radical (unpaired) electrons. The van der Waals surface area contributed by atoms with Crippen LogP contribution in [0.25, 0.3) is 0 Å². The minimum Gasteiger partial charge on any atom is -0.462 e. The van der Waals surface area contributed by atoms with Crippen molar-refractivity contribution in [3.05, 3.63) is 62.7 Å². The Morgan fingerprint density at radius 2 is 2.00 bits per heavy atom. The zero-order valence-electron chi connectivity index (χ0n) is 18.7. The van der Waals surface area contributed by atoms with Crippen LogP contribution in [-0.2, 0) is 9.53 Å². The molecule has 5 nitrogen and oxygen atoms in total. The van der Waals surface area contributed by atoms with Crippen molar-refractivity contribution in [1.82, 2.24) is 10.3 Å². The minimum atomic E-state index is -1.81. The first-order valence-electron chi connectivity index (χ1n) is 10.3. The fourth-order valence-electron chi connectivity index (χ4n) is 3.04. The van der Waals surface area contributed by atoms with Gasteiger partial charge in [0.15, 0.2) is 22.5 Å². The Bertz CT molecular complexity index is 1140. The predicted octanol–water partition coefficient (Wildman–Crippen LogP) is 4.97. The fourth-order valence-corrected chi connectivity index (χ4v) is 4.14. The molecule has 1 aliphatic rings. The maximum Gasteiger partial charge on any atom is 0.338 e. The summed E-state index contributed by atoms with van der Waals surface area (Å²) in [5.41, 5.74) is 4.55. The molecular formula is C23H25F2N3O2SSi. The molecule has 0 saturated carbocycles. The number of amidine groups is 1. The van der Waals surface area contributed by atoms with Gasteiger partial charge in [0, 0.05) is 28.4 Å². The second-order valence-electron chi connectivity index (χ2n) is 8.37. The molecule has 0 fully saturated rings. The highest BCUT2D eigenvalue weighted by Gasteiger charge is 2.33. The van der Waals surface area contributed by atoms with E-state index < -0.39 is 31.7 Å². The van der Waals surface area contributed by atoms with Gasteiger partial charge in [-0.1, -0.05) is 32.5 Å². The van der Waals surface area contributed by atoms with Crippen molar-refractivity contribution < 1.29 is 18.3 Å². The van der Waals surface area contributed by atoms with Crippen molar-refractivity contribution >= 4 is 31.2 Å². The third-order valence-electron chi connectivity index (χ3n) is 4.49. The molecule has 3 rings (SSSR count). The van der Waals surface area contributed by atoms with Crippen LogP contribution in [0.5, 0.6) is 0 Å². The highest BCUT2D eigenvalue weighted by molar-refractivity contribution is 7.11. The first kappa shape index (κ1) is 23.8. The van der Waals surface area contributed by atoms with Crippen LogP contribution < -0.4 is 5.32 Å². The molecule has 1 unspecified atom stereocenters. The number of ether oxygens (including phenoxy) is 1. The van der Waals surface area contributed by atoms with Gasteiger partial charge in [-0.3, -0.25) is 4.99 Å². The van der Waals surface area contributed by atoms with E-state index in [2.05, 4.69) is 46.4 Å². The largest absolute Gasteiger partial charge is 0.462 e. The van der Waals surface area contributed by atoms with Crippen LogP contribution in [0.15, 0.2) is 40.0 Å². The van der Waals surface area contributed by atoms with Gasteiger partial charge in [-0.25, -0.2) is 18.6 Å².